The standard InChI is InChI=1S/C49H61N4O7PS/c1-32(2)50-48-52-43(31-62-48)42-26-46(40-21-20-38(59-3)24-41(40)51-42)60-39-25-44-45(55)28-49(61(57,58)30-34-16-8-7-9-17-34)27-36(49)19-11-6-4-5-10-18-35(47(56)53(44)29-39)23-37(54)22-33-14-12-13-15-33/h7-9,11,16-17,19-21,24,26,31-33,35-36,39,44H,4-6,10,12-15,18,22-23,25,27-30H2,1-3H3,(H,50,52)(H,57,58)/b19-11-/t35?,36-,39+,44-,49+/m0/s1. The molecule has 2 aliphatic carbocycles. The monoisotopic (exact) mass is 880 g/mol. The van der Waals surface area contributed by atoms with E-state index >= 15 is 4.79 Å². The highest BCUT2D eigenvalue weighted by Gasteiger charge is 2.65. The molecular formula is C49H61N4O7PS. The van der Waals surface area contributed by atoms with Gasteiger partial charge in [0.1, 0.15) is 29.1 Å². The van der Waals surface area contributed by atoms with E-state index in [9.17, 15) is 19.0 Å². The summed E-state index contributed by atoms with van der Waals surface area (Å²) >= 11 is 1.50. The fourth-order valence-electron chi connectivity index (χ4n) is 10.1. The highest BCUT2D eigenvalue weighted by atomic mass is 32.1. The van der Waals surface area contributed by atoms with E-state index < -0.39 is 30.6 Å². The Hall–Kier alpha value is -4.38. The van der Waals surface area contributed by atoms with Crippen LogP contribution >= 0.6 is 18.7 Å². The van der Waals surface area contributed by atoms with Crippen LogP contribution in [0.1, 0.15) is 109 Å². The zero-order valence-electron chi connectivity index (χ0n) is 36.3. The predicted octanol–water partition coefficient (Wildman–Crippen LogP) is 10.4. The van der Waals surface area contributed by atoms with Crippen molar-refractivity contribution in [3.05, 3.63) is 77.7 Å². The first-order valence-corrected chi connectivity index (χ1v) is 25.4. The first-order valence-electron chi connectivity index (χ1n) is 22.7. The number of hydrogen-bond donors (Lipinski definition) is 2. The first kappa shape index (κ1) is 44.2. The number of carbonyl (C=O) groups excluding carboxylic acids is 3. The van der Waals surface area contributed by atoms with Gasteiger partial charge in [0.2, 0.25) is 13.3 Å². The Morgan fingerprint density at radius 3 is 2.56 bits per heavy atom. The van der Waals surface area contributed by atoms with Crippen molar-refractivity contribution in [3.8, 4) is 22.9 Å². The van der Waals surface area contributed by atoms with E-state index in [4.69, 9.17) is 19.4 Å². The second-order valence-corrected chi connectivity index (χ2v) is 21.9. The minimum absolute atomic E-state index is 0.0219. The van der Waals surface area contributed by atoms with Crippen molar-refractivity contribution < 1.29 is 33.3 Å². The molecule has 4 aliphatic rings. The number of benzene rings is 2. The van der Waals surface area contributed by atoms with Crippen LogP contribution in [-0.4, -0.2) is 74.2 Å². The zero-order chi connectivity index (χ0) is 43.4. The number of carbonyl (C=O) groups is 3. The largest absolute Gasteiger partial charge is 0.497 e. The quantitative estimate of drug-likeness (QED) is 0.0982. The Labute approximate surface area is 369 Å². The van der Waals surface area contributed by atoms with E-state index in [2.05, 4.69) is 31.3 Å². The number of pyridine rings is 1. The lowest BCUT2D eigenvalue weighted by atomic mass is 9.89. The minimum Gasteiger partial charge on any atom is -0.497 e. The number of anilines is 1. The van der Waals surface area contributed by atoms with E-state index in [1.807, 2.05) is 60.0 Å². The summed E-state index contributed by atoms with van der Waals surface area (Å²) in [5.41, 5.74) is 2.70. The SMILES string of the molecule is COc1ccc2c(O[C@@H]3C[C@H]4C(=O)C[C@]5(P(=O)(O)Cc6ccccc6)C[C@@H]5/C=C\CCCCCC(CC(=O)CC5CCCC5)C(=O)N4C3)cc(-c3csc(NC(C)C)n3)nc2c1. The van der Waals surface area contributed by atoms with Gasteiger partial charge >= 0.3 is 0 Å². The van der Waals surface area contributed by atoms with Gasteiger partial charge < -0.3 is 24.6 Å². The van der Waals surface area contributed by atoms with Crippen LogP contribution in [0.2, 0.25) is 0 Å². The molecule has 2 unspecified atom stereocenters. The molecule has 0 spiro atoms. The van der Waals surface area contributed by atoms with Crippen LogP contribution < -0.4 is 14.8 Å². The second kappa shape index (κ2) is 19.2. The molecule has 0 bridgehead atoms. The molecule has 13 heteroatoms. The van der Waals surface area contributed by atoms with Gasteiger partial charge in [0.15, 0.2) is 10.9 Å². The van der Waals surface area contributed by atoms with Crippen LogP contribution in [0, 0.1) is 17.8 Å². The first-order chi connectivity index (χ1) is 29.9. The smallest absolute Gasteiger partial charge is 0.226 e. The van der Waals surface area contributed by atoms with Gasteiger partial charge in [-0.3, -0.25) is 18.9 Å². The normalized spacial score (nSPS) is 26.3. The summed E-state index contributed by atoms with van der Waals surface area (Å²) in [4.78, 5) is 67.0. The number of methoxy groups -OCH3 is 1. The molecule has 11 nitrogen and oxygen atoms in total. The second-order valence-electron chi connectivity index (χ2n) is 18.5. The molecule has 3 fully saturated rings. The number of aromatic nitrogens is 2. The van der Waals surface area contributed by atoms with Crippen molar-refractivity contribution >= 4 is 52.2 Å². The van der Waals surface area contributed by atoms with Crippen molar-refractivity contribution in [2.45, 2.75) is 133 Å². The lowest BCUT2D eigenvalue weighted by Crippen LogP contribution is -2.45. The average molecular weight is 881 g/mol. The van der Waals surface area contributed by atoms with Crippen LogP contribution in [0.15, 0.2) is 72.1 Å². The number of ketones is 2. The van der Waals surface area contributed by atoms with Gasteiger partial charge in [-0.05, 0) is 69.1 Å². The number of nitrogens with zero attached hydrogens (tertiary/aromatic N) is 3. The van der Waals surface area contributed by atoms with Crippen LogP contribution in [0.5, 0.6) is 11.5 Å². The molecule has 0 radical (unpaired) electrons. The molecule has 4 aromatic rings. The maximum Gasteiger partial charge on any atom is 0.226 e. The fraction of sp³-hybridized carbons (Fsp3) is 0.531. The summed E-state index contributed by atoms with van der Waals surface area (Å²) in [6.07, 6.45) is 13.1. The van der Waals surface area contributed by atoms with Gasteiger partial charge in [-0.2, -0.15) is 0 Å². The third-order valence-electron chi connectivity index (χ3n) is 13.5. The van der Waals surface area contributed by atoms with E-state index in [1.54, 1.807) is 12.0 Å². The van der Waals surface area contributed by atoms with Crippen LogP contribution in [0.4, 0.5) is 5.13 Å². The van der Waals surface area contributed by atoms with Gasteiger partial charge in [-0.25, -0.2) is 9.97 Å². The molecule has 1 saturated heterocycles. The van der Waals surface area contributed by atoms with Crippen molar-refractivity contribution in [1.82, 2.24) is 14.9 Å². The molecule has 2 N–H and O–H groups in total. The maximum atomic E-state index is 15.0. The summed E-state index contributed by atoms with van der Waals surface area (Å²) < 4.78 is 27.1. The number of Topliss-reactive ketones (excluding diaryl/α,β-unsaturated/α-hetero) is 2. The van der Waals surface area contributed by atoms with E-state index in [1.165, 1.54) is 11.3 Å². The van der Waals surface area contributed by atoms with E-state index in [-0.39, 0.29) is 61.4 Å². The number of allylic oxidation sites excluding steroid dienone is 2. The lowest BCUT2D eigenvalue weighted by Gasteiger charge is -2.30. The highest BCUT2D eigenvalue weighted by Crippen LogP contribution is 2.74. The van der Waals surface area contributed by atoms with Crippen LogP contribution in [-0.2, 0) is 25.1 Å². The van der Waals surface area contributed by atoms with E-state index in [0.717, 1.165) is 67.4 Å². The van der Waals surface area contributed by atoms with Crippen LogP contribution in [0.3, 0.4) is 0 Å². The third-order valence-corrected chi connectivity index (χ3v) is 17.1. The molecule has 2 saturated carbocycles. The summed E-state index contributed by atoms with van der Waals surface area (Å²) in [5, 5.41) is 5.72. The Morgan fingerprint density at radius 2 is 1.79 bits per heavy atom. The van der Waals surface area contributed by atoms with Crippen molar-refractivity contribution in [2.24, 2.45) is 17.8 Å². The molecule has 330 valence electrons. The molecular weight excluding hydrogens is 820 g/mol. The molecule has 2 aromatic heterocycles. The Kier molecular flexibility index (Phi) is 13.7. The number of fused-ring (bicyclic) bond motifs is 3. The lowest BCUT2D eigenvalue weighted by molar-refractivity contribution is -0.142. The Bertz CT molecular complexity index is 2330. The molecule has 1 amide bonds. The maximum absolute atomic E-state index is 15.0. The van der Waals surface area contributed by atoms with Crippen molar-refractivity contribution in [2.75, 3.05) is 19.0 Å². The number of ether oxygens (including phenoxy) is 2. The predicted molar refractivity (Wildman–Crippen MR) is 245 cm³/mol. The summed E-state index contributed by atoms with van der Waals surface area (Å²) in [5.74, 6) is 0.484. The topological polar surface area (TPSA) is 148 Å². The average Bonchev–Trinajstić information content (AvgIpc) is 3.66. The van der Waals surface area contributed by atoms with Crippen LogP contribution in [0.25, 0.3) is 22.3 Å². The molecule has 2 aliphatic heterocycles. The number of thiazole rings is 1. The number of rotatable bonds is 13. The highest BCUT2D eigenvalue weighted by molar-refractivity contribution is 7.59. The number of nitrogens with one attached hydrogen (secondary N) is 1. The summed E-state index contributed by atoms with van der Waals surface area (Å²) in [6.45, 7) is 4.26. The molecule has 6 atom stereocenters. The summed E-state index contributed by atoms with van der Waals surface area (Å²) in [7, 11) is -2.31. The van der Waals surface area contributed by atoms with E-state index in [0.29, 0.717) is 53.6 Å². The number of amides is 1. The molecule has 4 heterocycles. The molecule has 62 heavy (non-hydrogen) atoms. The van der Waals surface area contributed by atoms with Crippen molar-refractivity contribution in [1.29, 1.82) is 0 Å². The third kappa shape index (κ3) is 10.0. The zero-order valence-corrected chi connectivity index (χ0v) is 38.0. The van der Waals surface area contributed by atoms with Gasteiger partial charge in [0, 0.05) is 60.5 Å². The Morgan fingerprint density at radius 1 is 1.00 bits per heavy atom. The van der Waals surface area contributed by atoms with Gasteiger partial charge in [0.05, 0.1) is 42.2 Å². The summed E-state index contributed by atoms with van der Waals surface area (Å²) in [6, 6.07) is 16.1. The minimum atomic E-state index is -3.92. The fourth-order valence-corrected chi connectivity index (χ4v) is 13.4. The van der Waals surface area contributed by atoms with Gasteiger partial charge in [0.25, 0.3) is 0 Å². The van der Waals surface area contributed by atoms with Crippen molar-refractivity contribution in [3.63, 3.8) is 0 Å². The molecule has 8 rings (SSSR count). The Balaban J connectivity index is 1.13. The number of hydrogen-bond acceptors (Lipinski definition) is 10. The van der Waals surface area contributed by atoms with Gasteiger partial charge in [-0.15, -0.1) is 11.3 Å². The van der Waals surface area contributed by atoms with Gasteiger partial charge in [-0.1, -0.05) is 81.0 Å². The molecule has 2 aromatic carbocycles.